The number of likely N-dealkylation sites (tertiary alicyclic amines) is 1. The normalized spacial score (nSPS) is 15.6. The summed E-state index contributed by atoms with van der Waals surface area (Å²) in [7, 11) is 0. The second kappa shape index (κ2) is 8.05. The van der Waals surface area contributed by atoms with Gasteiger partial charge in [0, 0.05) is 18.3 Å². The smallest absolute Gasteiger partial charge is 0.306 e. The van der Waals surface area contributed by atoms with Gasteiger partial charge < -0.3 is 10.4 Å². The first kappa shape index (κ1) is 18.0. The van der Waals surface area contributed by atoms with Crippen molar-refractivity contribution >= 4 is 17.7 Å². The molecule has 26 heavy (non-hydrogen) atoms. The predicted octanol–water partition coefficient (Wildman–Crippen LogP) is 2.77. The van der Waals surface area contributed by atoms with Crippen LogP contribution in [0, 0.1) is 11.7 Å². The van der Waals surface area contributed by atoms with Gasteiger partial charge in [-0.25, -0.2) is 9.37 Å². The largest absolute Gasteiger partial charge is 0.481 e. The fraction of sp³-hybridized carbons (Fsp3) is 0.316. The molecular formula is C19H20FN3O3. The van der Waals surface area contributed by atoms with Gasteiger partial charge in [-0.15, -0.1) is 0 Å². The molecule has 136 valence electrons. The van der Waals surface area contributed by atoms with Gasteiger partial charge in [0.25, 0.3) is 5.91 Å². The number of piperidine rings is 1. The van der Waals surface area contributed by atoms with Crippen LogP contribution in [0.15, 0.2) is 42.6 Å². The van der Waals surface area contributed by atoms with Gasteiger partial charge in [0.1, 0.15) is 11.6 Å². The number of carbonyl (C=O) groups is 2. The van der Waals surface area contributed by atoms with Crippen molar-refractivity contribution in [3.63, 3.8) is 0 Å². The molecule has 0 aliphatic carbocycles. The number of carbonyl (C=O) groups excluding carboxylic acids is 1. The van der Waals surface area contributed by atoms with Crippen molar-refractivity contribution in [1.29, 1.82) is 0 Å². The van der Waals surface area contributed by atoms with E-state index >= 15 is 0 Å². The summed E-state index contributed by atoms with van der Waals surface area (Å²) in [4.78, 5) is 29.5. The third-order valence-electron chi connectivity index (χ3n) is 4.52. The fourth-order valence-electron chi connectivity index (χ4n) is 3.03. The molecule has 0 atom stereocenters. The summed E-state index contributed by atoms with van der Waals surface area (Å²) < 4.78 is 12.9. The molecule has 6 nitrogen and oxygen atoms in total. The molecule has 0 saturated carbocycles. The molecule has 0 radical (unpaired) electrons. The fourth-order valence-corrected chi connectivity index (χ4v) is 3.03. The number of nitrogens with one attached hydrogen (secondary N) is 1. The van der Waals surface area contributed by atoms with E-state index < -0.39 is 11.8 Å². The molecule has 2 aromatic rings. The van der Waals surface area contributed by atoms with Crippen LogP contribution in [0.2, 0.25) is 0 Å². The zero-order valence-electron chi connectivity index (χ0n) is 14.2. The molecule has 1 aliphatic rings. The molecule has 0 bridgehead atoms. The predicted molar refractivity (Wildman–Crippen MR) is 94.2 cm³/mol. The van der Waals surface area contributed by atoms with Gasteiger partial charge in [-0.3, -0.25) is 14.5 Å². The quantitative estimate of drug-likeness (QED) is 0.860. The Hall–Kier alpha value is -2.80. The number of halogens is 1. The Morgan fingerprint density at radius 3 is 2.54 bits per heavy atom. The summed E-state index contributed by atoms with van der Waals surface area (Å²) in [6, 6.07) is 8.97. The lowest BCUT2D eigenvalue weighted by molar-refractivity contribution is -0.143. The van der Waals surface area contributed by atoms with E-state index in [1.807, 2.05) is 6.07 Å². The van der Waals surface area contributed by atoms with Gasteiger partial charge in [-0.05, 0) is 67.9 Å². The van der Waals surface area contributed by atoms with Crippen molar-refractivity contribution < 1.29 is 19.1 Å². The summed E-state index contributed by atoms with van der Waals surface area (Å²) >= 11 is 0. The molecule has 1 saturated heterocycles. The lowest BCUT2D eigenvalue weighted by Crippen LogP contribution is -2.35. The Morgan fingerprint density at radius 1 is 1.19 bits per heavy atom. The molecular weight excluding hydrogens is 337 g/mol. The van der Waals surface area contributed by atoms with Gasteiger partial charge in [0.15, 0.2) is 0 Å². The van der Waals surface area contributed by atoms with Crippen LogP contribution in [0.25, 0.3) is 0 Å². The second-order valence-electron chi connectivity index (χ2n) is 6.40. The van der Waals surface area contributed by atoms with Crippen LogP contribution >= 0.6 is 0 Å². The van der Waals surface area contributed by atoms with Crippen molar-refractivity contribution in [1.82, 2.24) is 9.88 Å². The van der Waals surface area contributed by atoms with E-state index in [1.54, 1.807) is 12.3 Å². The van der Waals surface area contributed by atoms with E-state index in [9.17, 15) is 14.0 Å². The minimum absolute atomic E-state index is 0.255. The van der Waals surface area contributed by atoms with Crippen molar-refractivity contribution in [3.8, 4) is 0 Å². The molecule has 1 aromatic carbocycles. The Balaban J connectivity index is 1.59. The highest BCUT2D eigenvalue weighted by molar-refractivity contribution is 6.03. The summed E-state index contributed by atoms with van der Waals surface area (Å²) in [5, 5.41) is 11.8. The van der Waals surface area contributed by atoms with E-state index in [1.165, 1.54) is 24.3 Å². The van der Waals surface area contributed by atoms with Gasteiger partial charge in [-0.1, -0.05) is 0 Å². The average molecular weight is 357 g/mol. The number of anilines is 1. The number of benzene rings is 1. The molecule has 2 N–H and O–H groups in total. The molecule has 2 heterocycles. The number of rotatable bonds is 5. The van der Waals surface area contributed by atoms with Crippen LogP contribution in [0.4, 0.5) is 10.2 Å². The molecule has 7 heteroatoms. The minimum atomic E-state index is -0.723. The number of carboxylic acids is 1. The van der Waals surface area contributed by atoms with Gasteiger partial charge in [0.05, 0.1) is 5.92 Å². The molecule has 0 unspecified atom stereocenters. The molecule has 1 amide bonds. The lowest BCUT2D eigenvalue weighted by atomic mass is 9.97. The Labute approximate surface area is 150 Å². The highest BCUT2D eigenvalue weighted by Gasteiger charge is 2.24. The Bertz CT molecular complexity index is 787. The van der Waals surface area contributed by atoms with Gasteiger partial charge in [-0.2, -0.15) is 0 Å². The highest BCUT2D eigenvalue weighted by Crippen LogP contribution is 2.20. The van der Waals surface area contributed by atoms with Gasteiger partial charge >= 0.3 is 5.97 Å². The lowest BCUT2D eigenvalue weighted by Gasteiger charge is -2.30. The average Bonchev–Trinajstić information content (AvgIpc) is 2.63. The topological polar surface area (TPSA) is 82.5 Å². The van der Waals surface area contributed by atoms with Crippen LogP contribution in [0.5, 0.6) is 0 Å². The maximum atomic E-state index is 12.9. The van der Waals surface area contributed by atoms with Crippen molar-refractivity contribution in [2.75, 3.05) is 18.4 Å². The van der Waals surface area contributed by atoms with E-state index in [-0.39, 0.29) is 11.8 Å². The van der Waals surface area contributed by atoms with Crippen LogP contribution in [-0.4, -0.2) is 40.0 Å². The van der Waals surface area contributed by atoms with Crippen molar-refractivity contribution in [3.05, 3.63) is 59.5 Å². The van der Waals surface area contributed by atoms with E-state index in [4.69, 9.17) is 5.11 Å². The molecule has 3 rings (SSSR count). The molecule has 1 aromatic heterocycles. The maximum absolute atomic E-state index is 12.9. The first-order chi connectivity index (χ1) is 12.5. The number of hydrogen-bond donors (Lipinski definition) is 2. The first-order valence-corrected chi connectivity index (χ1v) is 8.48. The zero-order chi connectivity index (χ0) is 18.5. The Morgan fingerprint density at radius 2 is 1.88 bits per heavy atom. The Kier molecular flexibility index (Phi) is 5.58. The van der Waals surface area contributed by atoms with E-state index in [2.05, 4.69) is 15.2 Å². The van der Waals surface area contributed by atoms with Crippen molar-refractivity contribution in [2.24, 2.45) is 5.92 Å². The number of pyridine rings is 1. The second-order valence-corrected chi connectivity index (χ2v) is 6.40. The molecule has 0 spiro atoms. The van der Waals surface area contributed by atoms with E-state index in [0.717, 1.165) is 18.7 Å². The summed E-state index contributed by atoms with van der Waals surface area (Å²) in [6.45, 7) is 2.14. The SMILES string of the molecule is O=C(Nc1cc(CN2CCC(C(=O)O)CC2)ccn1)c1ccc(F)cc1. The van der Waals surface area contributed by atoms with Crippen LogP contribution < -0.4 is 5.32 Å². The van der Waals surface area contributed by atoms with Crippen LogP contribution in [0.1, 0.15) is 28.8 Å². The first-order valence-electron chi connectivity index (χ1n) is 8.48. The van der Waals surface area contributed by atoms with Crippen molar-refractivity contribution in [2.45, 2.75) is 19.4 Å². The number of hydrogen-bond acceptors (Lipinski definition) is 4. The molecule has 1 aliphatic heterocycles. The number of aromatic nitrogens is 1. The van der Waals surface area contributed by atoms with Crippen LogP contribution in [-0.2, 0) is 11.3 Å². The number of carboxylic acid groups (broad SMARTS) is 1. The van der Waals surface area contributed by atoms with E-state index in [0.29, 0.717) is 30.8 Å². The van der Waals surface area contributed by atoms with Gasteiger partial charge in [0.2, 0.25) is 0 Å². The number of nitrogens with zero attached hydrogens (tertiary/aromatic N) is 2. The third-order valence-corrected chi connectivity index (χ3v) is 4.52. The number of aliphatic carboxylic acids is 1. The zero-order valence-corrected chi connectivity index (χ0v) is 14.2. The summed E-state index contributed by atoms with van der Waals surface area (Å²) in [5.74, 6) is -1.30. The number of amides is 1. The minimum Gasteiger partial charge on any atom is -0.481 e. The van der Waals surface area contributed by atoms with Crippen LogP contribution in [0.3, 0.4) is 0 Å². The maximum Gasteiger partial charge on any atom is 0.306 e. The highest BCUT2D eigenvalue weighted by atomic mass is 19.1. The summed E-state index contributed by atoms with van der Waals surface area (Å²) in [5.41, 5.74) is 1.34. The monoisotopic (exact) mass is 357 g/mol. The standard InChI is InChI=1S/C19H20FN3O3/c20-16-3-1-14(2-4-16)18(24)22-17-11-13(5-8-21-17)12-23-9-6-15(7-10-23)19(25)26/h1-5,8,11,15H,6-7,9-10,12H2,(H,25,26)(H,21,22,24). The summed E-state index contributed by atoms with van der Waals surface area (Å²) in [6.07, 6.45) is 2.92. The molecule has 1 fully saturated rings. The third kappa shape index (κ3) is 4.64.